The Kier molecular flexibility index (Phi) is 6.74. The number of aryl methyl sites for hydroxylation is 1. The molecule has 0 atom stereocenters. The zero-order chi connectivity index (χ0) is 21.5. The van der Waals surface area contributed by atoms with E-state index in [1.54, 1.807) is 31.2 Å². The third-order valence-corrected chi connectivity index (χ3v) is 4.07. The van der Waals surface area contributed by atoms with E-state index in [2.05, 4.69) is 20.8 Å². The predicted molar refractivity (Wildman–Crippen MR) is 110 cm³/mol. The largest absolute Gasteiger partial charge is 0.490 e. The van der Waals surface area contributed by atoms with Gasteiger partial charge in [0.2, 0.25) is 5.91 Å². The van der Waals surface area contributed by atoms with Crippen LogP contribution >= 0.6 is 0 Å². The number of anilines is 1. The maximum absolute atomic E-state index is 14.2. The van der Waals surface area contributed by atoms with Crippen molar-refractivity contribution in [3.8, 4) is 17.2 Å². The second kappa shape index (κ2) is 9.64. The van der Waals surface area contributed by atoms with Gasteiger partial charge in [-0.3, -0.25) is 4.79 Å². The molecule has 1 N–H and O–H groups in total. The Balaban J connectivity index is 1.75. The number of hydrogen-bond acceptors (Lipinski definition) is 6. The van der Waals surface area contributed by atoms with Crippen LogP contribution in [0.3, 0.4) is 0 Å². The standard InChI is InChI=1S/C21H22FN5O3/c1-4-29-19-10-6-15(12-20(19)30-5-2)7-11-21(28)23-18-13-16(8-9-17(18)22)27-14(3)24-25-26-27/h6-13H,4-5H2,1-3H3,(H,23,28)/b11-7+. The number of tetrazole rings is 1. The Morgan fingerprint density at radius 1 is 1.13 bits per heavy atom. The molecule has 3 rings (SSSR count). The van der Waals surface area contributed by atoms with Crippen molar-refractivity contribution in [3.05, 3.63) is 59.7 Å². The number of benzene rings is 2. The number of nitrogens with zero attached hydrogens (tertiary/aromatic N) is 4. The van der Waals surface area contributed by atoms with Crippen LogP contribution in [0.25, 0.3) is 11.8 Å². The quantitative estimate of drug-likeness (QED) is 0.570. The van der Waals surface area contributed by atoms with Crippen molar-refractivity contribution in [1.82, 2.24) is 20.2 Å². The number of halogens is 1. The summed E-state index contributed by atoms with van der Waals surface area (Å²) in [4.78, 5) is 12.3. The van der Waals surface area contributed by atoms with E-state index in [-0.39, 0.29) is 5.69 Å². The van der Waals surface area contributed by atoms with E-state index in [9.17, 15) is 9.18 Å². The SMILES string of the molecule is CCOc1ccc(/C=C/C(=O)Nc2cc(-n3nnnc3C)ccc2F)cc1OCC. The van der Waals surface area contributed by atoms with Crippen molar-refractivity contribution >= 4 is 17.7 Å². The zero-order valence-electron chi connectivity index (χ0n) is 16.9. The number of carbonyl (C=O) groups excluding carboxylic acids is 1. The summed E-state index contributed by atoms with van der Waals surface area (Å²) in [5, 5.41) is 13.7. The van der Waals surface area contributed by atoms with Crippen LogP contribution in [0, 0.1) is 12.7 Å². The first-order valence-corrected chi connectivity index (χ1v) is 9.45. The molecule has 0 saturated carbocycles. The third kappa shape index (κ3) is 4.99. The van der Waals surface area contributed by atoms with E-state index in [0.717, 1.165) is 5.56 Å². The van der Waals surface area contributed by atoms with E-state index >= 15 is 0 Å². The molecular weight excluding hydrogens is 389 g/mol. The first-order valence-electron chi connectivity index (χ1n) is 9.45. The molecule has 0 spiro atoms. The Labute approximate surface area is 173 Å². The topological polar surface area (TPSA) is 91.2 Å². The molecule has 0 aliphatic carbocycles. The van der Waals surface area contributed by atoms with E-state index in [0.29, 0.717) is 36.2 Å². The monoisotopic (exact) mass is 411 g/mol. The van der Waals surface area contributed by atoms with Gasteiger partial charge in [0.25, 0.3) is 0 Å². The molecule has 1 heterocycles. The minimum absolute atomic E-state index is 0.0266. The molecule has 1 aromatic heterocycles. The van der Waals surface area contributed by atoms with Gasteiger partial charge >= 0.3 is 0 Å². The fraction of sp³-hybridized carbons (Fsp3) is 0.238. The average Bonchev–Trinajstić information content (AvgIpc) is 3.16. The molecule has 3 aromatic rings. The van der Waals surface area contributed by atoms with Gasteiger partial charge < -0.3 is 14.8 Å². The Bertz CT molecular complexity index is 1060. The van der Waals surface area contributed by atoms with E-state index in [4.69, 9.17) is 9.47 Å². The van der Waals surface area contributed by atoms with Gasteiger partial charge in [-0.15, -0.1) is 5.10 Å². The number of ether oxygens (including phenoxy) is 2. The Hall–Kier alpha value is -3.75. The lowest BCUT2D eigenvalue weighted by Gasteiger charge is -2.11. The first-order chi connectivity index (χ1) is 14.5. The van der Waals surface area contributed by atoms with Crippen LogP contribution in [0.5, 0.6) is 11.5 Å². The minimum Gasteiger partial charge on any atom is -0.490 e. The summed E-state index contributed by atoms with van der Waals surface area (Å²) >= 11 is 0. The predicted octanol–water partition coefficient (Wildman–Crippen LogP) is 3.56. The van der Waals surface area contributed by atoms with E-state index < -0.39 is 11.7 Å². The zero-order valence-corrected chi connectivity index (χ0v) is 16.9. The second-order valence-corrected chi connectivity index (χ2v) is 6.20. The highest BCUT2D eigenvalue weighted by Gasteiger charge is 2.10. The Morgan fingerprint density at radius 3 is 2.60 bits per heavy atom. The summed E-state index contributed by atoms with van der Waals surface area (Å²) in [5.41, 5.74) is 1.31. The maximum atomic E-state index is 14.2. The summed E-state index contributed by atoms with van der Waals surface area (Å²) in [7, 11) is 0. The lowest BCUT2D eigenvalue weighted by molar-refractivity contribution is -0.111. The highest BCUT2D eigenvalue weighted by Crippen LogP contribution is 2.29. The van der Waals surface area contributed by atoms with Crippen molar-refractivity contribution in [2.45, 2.75) is 20.8 Å². The molecule has 8 nitrogen and oxygen atoms in total. The summed E-state index contributed by atoms with van der Waals surface area (Å²) in [5.74, 6) is 0.729. The van der Waals surface area contributed by atoms with Crippen molar-refractivity contribution in [2.24, 2.45) is 0 Å². The third-order valence-electron chi connectivity index (χ3n) is 4.07. The van der Waals surface area contributed by atoms with E-state index in [1.165, 1.54) is 29.0 Å². The lowest BCUT2D eigenvalue weighted by Crippen LogP contribution is -2.10. The fourth-order valence-corrected chi connectivity index (χ4v) is 2.73. The van der Waals surface area contributed by atoms with Crippen LogP contribution in [0.1, 0.15) is 25.2 Å². The van der Waals surface area contributed by atoms with Crippen molar-refractivity contribution in [1.29, 1.82) is 0 Å². The minimum atomic E-state index is -0.564. The number of hydrogen-bond donors (Lipinski definition) is 1. The highest BCUT2D eigenvalue weighted by atomic mass is 19.1. The molecule has 0 bridgehead atoms. The number of nitrogens with one attached hydrogen (secondary N) is 1. The number of aromatic nitrogens is 4. The second-order valence-electron chi connectivity index (χ2n) is 6.20. The van der Waals surface area contributed by atoms with Crippen molar-refractivity contribution in [3.63, 3.8) is 0 Å². The molecule has 0 radical (unpaired) electrons. The summed E-state index contributed by atoms with van der Waals surface area (Å²) in [6, 6.07) is 9.60. The molecule has 0 saturated heterocycles. The number of amides is 1. The molecule has 0 unspecified atom stereocenters. The maximum Gasteiger partial charge on any atom is 0.248 e. The van der Waals surface area contributed by atoms with Crippen LogP contribution in [0.2, 0.25) is 0 Å². The summed E-state index contributed by atoms with van der Waals surface area (Å²) in [6.45, 7) is 6.50. The highest BCUT2D eigenvalue weighted by molar-refractivity contribution is 6.02. The molecule has 30 heavy (non-hydrogen) atoms. The van der Waals surface area contributed by atoms with Gasteiger partial charge in [0.05, 0.1) is 24.6 Å². The van der Waals surface area contributed by atoms with Gasteiger partial charge in [0.1, 0.15) is 5.82 Å². The van der Waals surface area contributed by atoms with Crippen LogP contribution in [0.4, 0.5) is 10.1 Å². The van der Waals surface area contributed by atoms with Gasteiger partial charge in [-0.2, -0.15) is 4.68 Å². The molecular formula is C21H22FN5O3. The van der Waals surface area contributed by atoms with Crippen LogP contribution in [-0.2, 0) is 4.79 Å². The van der Waals surface area contributed by atoms with Gasteiger partial charge in [0, 0.05) is 6.08 Å². The normalized spacial score (nSPS) is 10.9. The number of rotatable bonds is 8. The molecule has 0 aliphatic rings. The summed E-state index contributed by atoms with van der Waals surface area (Å²) in [6.07, 6.45) is 2.93. The molecule has 9 heteroatoms. The molecule has 156 valence electrons. The van der Waals surface area contributed by atoms with Gasteiger partial charge in [-0.25, -0.2) is 4.39 Å². The fourth-order valence-electron chi connectivity index (χ4n) is 2.73. The van der Waals surface area contributed by atoms with Gasteiger partial charge in [0.15, 0.2) is 17.3 Å². The first kappa shape index (κ1) is 21.0. The lowest BCUT2D eigenvalue weighted by atomic mass is 10.2. The molecule has 1 amide bonds. The molecule has 0 fully saturated rings. The van der Waals surface area contributed by atoms with E-state index in [1.807, 2.05) is 13.8 Å². The average molecular weight is 411 g/mol. The van der Waals surface area contributed by atoms with Gasteiger partial charge in [-0.1, -0.05) is 6.07 Å². The van der Waals surface area contributed by atoms with Crippen LogP contribution in [0.15, 0.2) is 42.5 Å². The smallest absolute Gasteiger partial charge is 0.248 e. The number of carbonyl (C=O) groups is 1. The van der Waals surface area contributed by atoms with Gasteiger partial charge in [-0.05, 0) is 73.2 Å². The summed E-state index contributed by atoms with van der Waals surface area (Å²) < 4.78 is 26.7. The molecule has 2 aromatic carbocycles. The Morgan fingerprint density at radius 2 is 1.90 bits per heavy atom. The molecule has 0 aliphatic heterocycles. The van der Waals surface area contributed by atoms with Crippen molar-refractivity contribution < 1.29 is 18.7 Å². The van der Waals surface area contributed by atoms with Crippen LogP contribution < -0.4 is 14.8 Å². The van der Waals surface area contributed by atoms with Crippen LogP contribution in [-0.4, -0.2) is 39.3 Å². The van der Waals surface area contributed by atoms with Crippen molar-refractivity contribution in [2.75, 3.05) is 18.5 Å².